The number of halogens is 1. The smallest absolute Gasteiger partial charge is 0.284 e. The summed E-state index contributed by atoms with van der Waals surface area (Å²) in [5.74, 6) is -0.860. The Morgan fingerprint density at radius 2 is 2.00 bits per heavy atom. The standard InChI is InChI=1S/C9H7N3O2.ClH/c10-7(13)8-11-6-4-2-1-3-5(6)9(14)12-8;/h1-4H,(H2,10,13)(H,11,12,14);1H. The van der Waals surface area contributed by atoms with Gasteiger partial charge >= 0.3 is 0 Å². The normalized spacial score (nSPS) is 9.60. The quantitative estimate of drug-likeness (QED) is 0.738. The number of hydrogen-bond donors (Lipinski definition) is 2. The molecule has 2 rings (SSSR count). The average Bonchev–Trinajstić information content (AvgIpc) is 2.17. The van der Waals surface area contributed by atoms with Crippen molar-refractivity contribution in [1.82, 2.24) is 9.97 Å². The van der Waals surface area contributed by atoms with Gasteiger partial charge in [0.15, 0.2) is 5.82 Å². The maximum atomic E-state index is 11.4. The molecule has 0 aliphatic carbocycles. The van der Waals surface area contributed by atoms with Crippen LogP contribution >= 0.6 is 12.4 Å². The van der Waals surface area contributed by atoms with Gasteiger partial charge < -0.3 is 10.7 Å². The van der Waals surface area contributed by atoms with Crippen LogP contribution in [-0.4, -0.2) is 15.9 Å². The first kappa shape index (κ1) is 11.2. The lowest BCUT2D eigenvalue weighted by atomic mass is 10.2. The molecule has 0 aliphatic heterocycles. The largest absolute Gasteiger partial charge is 0.363 e. The molecule has 0 radical (unpaired) electrons. The Balaban J connectivity index is 0.00000112. The third-order valence-corrected chi connectivity index (χ3v) is 1.85. The van der Waals surface area contributed by atoms with Gasteiger partial charge in [0.05, 0.1) is 10.9 Å². The second-order valence-corrected chi connectivity index (χ2v) is 2.80. The number of para-hydroxylation sites is 1. The molecule has 5 nitrogen and oxygen atoms in total. The van der Waals surface area contributed by atoms with Gasteiger partial charge in [-0.2, -0.15) is 0 Å². The molecule has 0 aliphatic rings. The minimum Gasteiger partial charge on any atom is -0.363 e. The summed E-state index contributed by atoms with van der Waals surface area (Å²) < 4.78 is 0. The van der Waals surface area contributed by atoms with Gasteiger partial charge in [-0.15, -0.1) is 12.4 Å². The topological polar surface area (TPSA) is 88.8 Å². The van der Waals surface area contributed by atoms with Gasteiger partial charge in [-0.25, -0.2) is 4.98 Å². The molecule has 3 N–H and O–H groups in total. The predicted octanol–water partition coefficient (Wildman–Crippen LogP) is 0.444. The van der Waals surface area contributed by atoms with Crippen molar-refractivity contribution in [2.24, 2.45) is 5.73 Å². The van der Waals surface area contributed by atoms with Crippen molar-refractivity contribution in [2.75, 3.05) is 0 Å². The highest BCUT2D eigenvalue weighted by atomic mass is 35.5. The highest BCUT2D eigenvalue weighted by Gasteiger charge is 2.06. The van der Waals surface area contributed by atoms with Gasteiger partial charge in [-0.3, -0.25) is 9.59 Å². The summed E-state index contributed by atoms with van der Waals surface area (Å²) in [6, 6.07) is 6.74. The first-order chi connectivity index (χ1) is 6.68. The molecule has 0 bridgehead atoms. The number of carbonyl (C=O) groups excluding carboxylic acids is 1. The molecule has 6 heteroatoms. The molecule has 0 fully saturated rings. The number of hydrogen-bond acceptors (Lipinski definition) is 3. The first-order valence-corrected chi connectivity index (χ1v) is 3.97. The summed E-state index contributed by atoms with van der Waals surface area (Å²) in [7, 11) is 0. The molecule has 1 heterocycles. The van der Waals surface area contributed by atoms with Gasteiger partial charge in [0.1, 0.15) is 0 Å². The van der Waals surface area contributed by atoms with Gasteiger partial charge in [-0.1, -0.05) is 12.1 Å². The van der Waals surface area contributed by atoms with Crippen LogP contribution in [0.1, 0.15) is 10.6 Å². The Morgan fingerprint density at radius 3 is 2.67 bits per heavy atom. The second kappa shape index (κ2) is 4.10. The van der Waals surface area contributed by atoms with E-state index in [9.17, 15) is 9.59 Å². The van der Waals surface area contributed by atoms with E-state index < -0.39 is 5.91 Å². The summed E-state index contributed by atoms with van der Waals surface area (Å²) in [6.07, 6.45) is 0. The lowest BCUT2D eigenvalue weighted by Crippen LogP contribution is -2.21. The van der Waals surface area contributed by atoms with Crippen LogP contribution in [0, 0.1) is 0 Å². The number of H-pyrrole nitrogens is 1. The van der Waals surface area contributed by atoms with E-state index in [2.05, 4.69) is 9.97 Å². The number of rotatable bonds is 1. The number of fused-ring (bicyclic) bond motifs is 1. The number of aromatic nitrogens is 2. The van der Waals surface area contributed by atoms with E-state index in [1.807, 2.05) is 0 Å². The van der Waals surface area contributed by atoms with Gasteiger partial charge in [0, 0.05) is 0 Å². The average molecular weight is 226 g/mol. The van der Waals surface area contributed by atoms with Crippen LogP contribution in [0.4, 0.5) is 0 Å². The Morgan fingerprint density at radius 1 is 1.33 bits per heavy atom. The monoisotopic (exact) mass is 225 g/mol. The van der Waals surface area contributed by atoms with Crippen molar-refractivity contribution in [2.45, 2.75) is 0 Å². The summed E-state index contributed by atoms with van der Waals surface area (Å²) in [4.78, 5) is 28.4. The highest BCUT2D eigenvalue weighted by molar-refractivity contribution is 5.91. The minimum atomic E-state index is -0.743. The number of primary amides is 1. The Hall–Kier alpha value is -1.88. The molecule has 1 aromatic carbocycles. The third-order valence-electron chi connectivity index (χ3n) is 1.85. The summed E-state index contributed by atoms with van der Waals surface area (Å²) >= 11 is 0. The number of nitrogens with one attached hydrogen (secondary N) is 1. The third kappa shape index (κ3) is 1.97. The van der Waals surface area contributed by atoms with E-state index in [-0.39, 0.29) is 23.8 Å². The van der Waals surface area contributed by atoms with E-state index in [1.165, 1.54) is 0 Å². The van der Waals surface area contributed by atoms with Gasteiger partial charge in [0.2, 0.25) is 0 Å². The van der Waals surface area contributed by atoms with Crippen LogP contribution < -0.4 is 11.3 Å². The number of aromatic amines is 1. The van der Waals surface area contributed by atoms with Crippen molar-refractivity contribution >= 4 is 29.2 Å². The molecule has 0 unspecified atom stereocenters. The molecule has 0 atom stereocenters. The van der Waals surface area contributed by atoms with Crippen molar-refractivity contribution in [1.29, 1.82) is 0 Å². The number of carbonyl (C=O) groups is 1. The molecule has 78 valence electrons. The van der Waals surface area contributed by atoms with E-state index in [1.54, 1.807) is 24.3 Å². The molecule has 0 saturated heterocycles. The van der Waals surface area contributed by atoms with Gasteiger partial charge in [0.25, 0.3) is 11.5 Å². The fraction of sp³-hybridized carbons (Fsp3) is 0. The van der Waals surface area contributed by atoms with Crippen molar-refractivity contribution in [3.05, 3.63) is 40.4 Å². The van der Waals surface area contributed by atoms with Crippen molar-refractivity contribution in [3.8, 4) is 0 Å². The highest BCUT2D eigenvalue weighted by Crippen LogP contribution is 2.04. The van der Waals surface area contributed by atoms with Crippen LogP contribution in [0.2, 0.25) is 0 Å². The summed E-state index contributed by atoms with van der Waals surface area (Å²) in [5.41, 5.74) is 5.11. The molecule has 1 amide bonds. The zero-order chi connectivity index (χ0) is 10.1. The van der Waals surface area contributed by atoms with E-state index >= 15 is 0 Å². The van der Waals surface area contributed by atoms with Gasteiger partial charge in [-0.05, 0) is 12.1 Å². The predicted molar refractivity (Wildman–Crippen MR) is 58.1 cm³/mol. The molecule has 0 spiro atoms. The molecule has 1 aromatic heterocycles. The van der Waals surface area contributed by atoms with Crippen LogP contribution in [-0.2, 0) is 0 Å². The SMILES string of the molecule is Cl.NC(=O)c1nc2ccccc2c(=O)[nH]1. The van der Waals surface area contributed by atoms with E-state index in [4.69, 9.17) is 5.73 Å². The number of nitrogens with two attached hydrogens (primary N) is 1. The molecular formula is C9H8ClN3O2. The first-order valence-electron chi connectivity index (χ1n) is 3.97. The minimum absolute atomic E-state index is 0. The molecule has 15 heavy (non-hydrogen) atoms. The summed E-state index contributed by atoms with van der Waals surface area (Å²) in [5, 5.41) is 0.442. The molecular weight excluding hydrogens is 218 g/mol. The van der Waals surface area contributed by atoms with Crippen molar-refractivity contribution in [3.63, 3.8) is 0 Å². The molecule has 0 saturated carbocycles. The zero-order valence-electron chi connectivity index (χ0n) is 7.56. The Labute approximate surface area is 90.7 Å². The van der Waals surface area contributed by atoms with Crippen LogP contribution in [0.5, 0.6) is 0 Å². The number of amides is 1. The van der Waals surface area contributed by atoms with E-state index in [0.717, 1.165) is 0 Å². The summed E-state index contributed by atoms with van der Waals surface area (Å²) in [6.45, 7) is 0. The lowest BCUT2D eigenvalue weighted by Gasteiger charge is -1.97. The second-order valence-electron chi connectivity index (χ2n) is 2.80. The number of benzene rings is 1. The lowest BCUT2D eigenvalue weighted by molar-refractivity contribution is 0.0990. The molecule has 2 aromatic rings. The van der Waals surface area contributed by atoms with Crippen LogP contribution in [0.15, 0.2) is 29.1 Å². The Kier molecular flexibility index (Phi) is 3.06. The maximum Gasteiger partial charge on any atom is 0.284 e. The zero-order valence-corrected chi connectivity index (χ0v) is 8.38. The maximum absolute atomic E-state index is 11.4. The van der Waals surface area contributed by atoms with Crippen LogP contribution in [0.3, 0.4) is 0 Å². The fourth-order valence-corrected chi connectivity index (χ4v) is 1.20. The number of nitrogens with zero attached hydrogens (tertiary/aromatic N) is 1. The fourth-order valence-electron chi connectivity index (χ4n) is 1.20. The van der Waals surface area contributed by atoms with Crippen LogP contribution in [0.25, 0.3) is 10.9 Å². The van der Waals surface area contributed by atoms with E-state index in [0.29, 0.717) is 10.9 Å². The Bertz CT molecular complexity index is 565. The van der Waals surface area contributed by atoms with Crippen molar-refractivity contribution < 1.29 is 4.79 Å².